The van der Waals surface area contributed by atoms with Crippen LogP contribution in [0.25, 0.3) is 0 Å². The summed E-state index contributed by atoms with van der Waals surface area (Å²) in [6.45, 7) is 0. The SMILES string of the molecule is O=[PH](O)O.SS. The molecule has 0 bridgehead atoms. The average Bonchev–Trinajstić information content (AvgIpc) is 1.41. The molecule has 0 saturated carbocycles. The van der Waals surface area contributed by atoms with Crippen molar-refractivity contribution in [3.05, 3.63) is 0 Å². The molecule has 0 aromatic heterocycles. The standard InChI is InChI=1S/H3O3P.H2S2/c1-4(2)3;1-2/h4H,(H2,1,2,3);1-2H. The van der Waals surface area contributed by atoms with Gasteiger partial charge in [0.25, 0.3) is 0 Å². The van der Waals surface area contributed by atoms with Gasteiger partial charge in [0.1, 0.15) is 0 Å². The van der Waals surface area contributed by atoms with Crippen LogP contribution in [-0.2, 0) is 4.57 Å². The van der Waals surface area contributed by atoms with Gasteiger partial charge in [0.2, 0.25) is 0 Å². The van der Waals surface area contributed by atoms with Gasteiger partial charge in [-0.05, 0) is 0 Å². The van der Waals surface area contributed by atoms with E-state index in [9.17, 15) is 0 Å². The summed E-state index contributed by atoms with van der Waals surface area (Å²) in [7, 11) is -3.13. The Labute approximate surface area is 46.6 Å². The molecule has 2 N–H and O–H groups in total. The molecule has 0 amide bonds. The van der Waals surface area contributed by atoms with E-state index in [2.05, 4.69) is 23.3 Å². The molecule has 0 heterocycles. The summed E-state index contributed by atoms with van der Waals surface area (Å²) in [6, 6.07) is 0. The summed E-state index contributed by atoms with van der Waals surface area (Å²) in [4.78, 5) is 14.3. The topological polar surface area (TPSA) is 57.5 Å². The zero-order valence-corrected chi connectivity index (χ0v) is 5.49. The van der Waals surface area contributed by atoms with Crippen molar-refractivity contribution < 1.29 is 14.4 Å². The lowest BCUT2D eigenvalue weighted by Crippen LogP contribution is -1.38. The van der Waals surface area contributed by atoms with E-state index in [0.717, 1.165) is 0 Å². The fraction of sp³-hybridized carbons (Fsp3) is 0. The van der Waals surface area contributed by atoms with Crippen molar-refractivity contribution in [1.29, 1.82) is 0 Å². The van der Waals surface area contributed by atoms with Gasteiger partial charge in [-0.2, -0.15) is 0 Å². The monoisotopic (exact) mass is 148 g/mol. The molecule has 0 aliphatic carbocycles. The van der Waals surface area contributed by atoms with Gasteiger partial charge in [0.15, 0.2) is 0 Å². The summed E-state index contributed by atoms with van der Waals surface area (Å²) >= 11 is 6.44. The lowest BCUT2D eigenvalue weighted by molar-refractivity contribution is 0.405. The minimum absolute atomic E-state index is 3.13. The number of thiol groups is 2. The maximum absolute atomic E-state index is 8.74. The highest BCUT2D eigenvalue weighted by molar-refractivity contribution is 8.59. The molecule has 0 aromatic rings. The van der Waals surface area contributed by atoms with Gasteiger partial charge < -0.3 is 9.79 Å². The van der Waals surface area contributed by atoms with Crippen molar-refractivity contribution in [2.45, 2.75) is 0 Å². The molecule has 6 heteroatoms. The highest BCUT2D eigenvalue weighted by atomic mass is 33.1. The molecular weight excluding hydrogens is 143 g/mol. The van der Waals surface area contributed by atoms with Crippen LogP contribution in [0.5, 0.6) is 0 Å². The van der Waals surface area contributed by atoms with Gasteiger partial charge in [-0.3, -0.25) is 4.57 Å². The molecule has 0 saturated heterocycles. The number of rotatable bonds is 0. The third-order valence-corrected chi connectivity index (χ3v) is 0. The fourth-order valence-corrected chi connectivity index (χ4v) is 0. The summed E-state index contributed by atoms with van der Waals surface area (Å²) in [5, 5.41) is 0. The third kappa shape index (κ3) is 99.5. The molecule has 0 unspecified atom stereocenters. The van der Waals surface area contributed by atoms with E-state index in [1.165, 1.54) is 0 Å². The van der Waals surface area contributed by atoms with Crippen molar-refractivity contribution in [3.8, 4) is 0 Å². The number of hydrogen-bond acceptors (Lipinski definition) is 3. The second-order valence-corrected chi connectivity index (χ2v) is 0.848. The molecule has 6 heavy (non-hydrogen) atoms. The largest absolute Gasteiger partial charge is 0.326 e. The van der Waals surface area contributed by atoms with Crippen LogP contribution in [0.2, 0.25) is 0 Å². The van der Waals surface area contributed by atoms with E-state index in [0.29, 0.717) is 0 Å². The average molecular weight is 148 g/mol. The molecule has 0 fully saturated rings. The van der Waals surface area contributed by atoms with E-state index in [-0.39, 0.29) is 0 Å². The Hall–Kier alpha value is 0.850. The highest BCUT2D eigenvalue weighted by Crippen LogP contribution is 1.98. The van der Waals surface area contributed by atoms with Crippen molar-refractivity contribution in [3.63, 3.8) is 0 Å². The van der Waals surface area contributed by atoms with Crippen LogP contribution < -0.4 is 0 Å². The van der Waals surface area contributed by atoms with Crippen LogP contribution in [0.15, 0.2) is 0 Å². The van der Waals surface area contributed by atoms with Crippen LogP contribution in [0.4, 0.5) is 0 Å². The minimum Gasteiger partial charge on any atom is -0.326 e. The fourth-order valence-electron chi connectivity index (χ4n) is 0. The van der Waals surface area contributed by atoms with Gasteiger partial charge in [0.05, 0.1) is 0 Å². The predicted octanol–water partition coefficient (Wildman–Crippen LogP) is 0.122. The molecule has 0 spiro atoms. The first kappa shape index (κ1) is 9.97. The lowest BCUT2D eigenvalue weighted by Gasteiger charge is -1.61. The molecule has 3 nitrogen and oxygen atoms in total. The Morgan fingerprint density at radius 3 is 1.33 bits per heavy atom. The zero-order valence-electron chi connectivity index (χ0n) is 2.70. The molecule has 0 aromatic carbocycles. The molecule has 0 atom stereocenters. The summed E-state index contributed by atoms with van der Waals surface area (Å²) in [6.07, 6.45) is 0. The van der Waals surface area contributed by atoms with Gasteiger partial charge in [-0.15, -0.1) is 23.3 Å². The van der Waals surface area contributed by atoms with Crippen LogP contribution in [0, 0.1) is 0 Å². The van der Waals surface area contributed by atoms with E-state index < -0.39 is 8.25 Å². The van der Waals surface area contributed by atoms with Crippen molar-refractivity contribution in [2.24, 2.45) is 0 Å². The highest BCUT2D eigenvalue weighted by Gasteiger charge is 1.61. The second-order valence-electron chi connectivity index (χ2n) is 0.283. The summed E-state index contributed by atoms with van der Waals surface area (Å²) in [5.41, 5.74) is 0. The maximum Gasteiger partial charge on any atom is 0.314 e. The van der Waals surface area contributed by atoms with Crippen molar-refractivity contribution >= 4 is 31.6 Å². The first-order valence-electron chi connectivity index (χ1n) is 0.851. The lowest BCUT2D eigenvalue weighted by atomic mass is 15.8. The van der Waals surface area contributed by atoms with Crippen LogP contribution in [0.3, 0.4) is 0 Å². The Balaban J connectivity index is 0. The quantitative estimate of drug-likeness (QED) is 0.224. The molecule has 0 radical (unpaired) electrons. The van der Waals surface area contributed by atoms with E-state index in [4.69, 9.17) is 14.4 Å². The Morgan fingerprint density at radius 2 is 1.33 bits per heavy atom. The Bertz CT molecular complexity index is 31.8. The first-order valence-corrected chi connectivity index (χ1v) is 3.75. The van der Waals surface area contributed by atoms with Crippen LogP contribution >= 0.6 is 31.6 Å². The second kappa shape index (κ2) is 9.28. The molecule has 0 aliphatic heterocycles. The Morgan fingerprint density at radius 1 is 1.33 bits per heavy atom. The van der Waals surface area contributed by atoms with E-state index in [1.807, 2.05) is 0 Å². The van der Waals surface area contributed by atoms with E-state index >= 15 is 0 Å². The smallest absolute Gasteiger partial charge is 0.314 e. The van der Waals surface area contributed by atoms with Gasteiger partial charge in [-0.25, -0.2) is 0 Å². The molecular formula is H5O3PS2. The predicted molar refractivity (Wildman–Crippen MR) is 31.4 cm³/mol. The zero-order chi connectivity index (χ0) is 5.58. The summed E-state index contributed by atoms with van der Waals surface area (Å²) < 4.78 is 8.74. The molecule has 0 rings (SSSR count). The number of hydrogen-bond donors (Lipinski definition) is 4. The normalized spacial score (nSPS) is 6.83. The van der Waals surface area contributed by atoms with Crippen LogP contribution in [-0.4, -0.2) is 9.79 Å². The molecule has 40 valence electrons. The summed E-state index contributed by atoms with van der Waals surface area (Å²) in [5.74, 6) is 0. The Kier molecular flexibility index (Phi) is 15.4. The van der Waals surface area contributed by atoms with Crippen LogP contribution in [0.1, 0.15) is 0 Å². The van der Waals surface area contributed by atoms with Gasteiger partial charge in [-0.1, -0.05) is 0 Å². The minimum atomic E-state index is -3.13. The molecule has 0 aliphatic rings. The van der Waals surface area contributed by atoms with Crippen molar-refractivity contribution in [2.75, 3.05) is 0 Å². The van der Waals surface area contributed by atoms with E-state index in [1.54, 1.807) is 0 Å². The van der Waals surface area contributed by atoms with Gasteiger partial charge in [0, 0.05) is 0 Å². The maximum atomic E-state index is 8.74. The first-order chi connectivity index (χ1) is 2.73. The third-order valence-electron chi connectivity index (χ3n) is 0. The van der Waals surface area contributed by atoms with Crippen molar-refractivity contribution in [1.82, 2.24) is 0 Å². The van der Waals surface area contributed by atoms with Gasteiger partial charge >= 0.3 is 8.25 Å².